The minimum atomic E-state index is -0.182. The lowest BCUT2D eigenvalue weighted by molar-refractivity contribution is -0.115. The van der Waals surface area contributed by atoms with Crippen LogP contribution in [0.25, 0.3) is 0 Å². The predicted molar refractivity (Wildman–Crippen MR) is 91.6 cm³/mol. The van der Waals surface area contributed by atoms with Crippen molar-refractivity contribution in [1.29, 1.82) is 0 Å². The SMILES string of the molecule is Cc1cc(C)n(CC(C)NC(=O)C2=NOC(c3ccccc3)C2)n1. The molecule has 2 atom stereocenters. The molecule has 3 rings (SSSR count). The van der Waals surface area contributed by atoms with E-state index < -0.39 is 0 Å². The fourth-order valence-corrected chi connectivity index (χ4v) is 2.83. The Bertz CT molecular complexity index is 752. The second kappa shape index (κ2) is 6.86. The van der Waals surface area contributed by atoms with E-state index in [2.05, 4.69) is 15.6 Å². The molecule has 1 aromatic carbocycles. The largest absolute Gasteiger partial charge is 0.387 e. The van der Waals surface area contributed by atoms with Crippen LogP contribution in [0.2, 0.25) is 0 Å². The van der Waals surface area contributed by atoms with Crippen LogP contribution in [0.4, 0.5) is 0 Å². The van der Waals surface area contributed by atoms with Crippen molar-refractivity contribution >= 4 is 11.6 Å². The molecule has 1 N–H and O–H groups in total. The van der Waals surface area contributed by atoms with E-state index in [1.165, 1.54) is 0 Å². The molecule has 0 fully saturated rings. The predicted octanol–water partition coefficient (Wildman–Crippen LogP) is 2.52. The normalized spacial score (nSPS) is 18.0. The molecule has 24 heavy (non-hydrogen) atoms. The van der Waals surface area contributed by atoms with Crippen LogP contribution < -0.4 is 5.32 Å². The second-order valence-electron chi connectivity index (χ2n) is 6.23. The Morgan fingerprint density at radius 1 is 1.38 bits per heavy atom. The van der Waals surface area contributed by atoms with Gasteiger partial charge in [0.25, 0.3) is 5.91 Å². The molecule has 126 valence electrons. The van der Waals surface area contributed by atoms with Crippen LogP contribution in [-0.2, 0) is 16.2 Å². The van der Waals surface area contributed by atoms with Gasteiger partial charge in [0.1, 0.15) is 5.71 Å². The molecule has 2 unspecified atom stereocenters. The van der Waals surface area contributed by atoms with Gasteiger partial charge < -0.3 is 10.2 Å². The highest BCUT2D eigenvalue weighted by molar-refractivity contribution is 6.39. The summed E-state index contributed by atoms with van der Waals surface area (Å²) in [6, 6.07) is 11.8. The maximum Gasteiger partial charge on any atom is 0.269 e. The molecule has 0 bridgehead atoms. The fraction of sp³-hybridized carbons (Fsp3) is 0.389. The third-order valence-electron chi connectivity index (χ3n) is 4.03. The molecule has 2 aromatic rings. The van der Waals surface area contributed by atoms with Gasteiger partial charge in [0.2, 0.25) is 0 Å². The van der Waals surface area contributed by atoms with Gasteiger partial charge in [-0.3, -0.25) is 9.48 Å². The smallest absolute Gasteiger partial charge is 0.269 e. The third kappa shape index (κ3) is 3.64. The molecule has 1 aromatic heterocycles. The van der Waals surface area contributed by atoms with Gasteiger partial charge in [-0.25, -0.2) is 0 Å². The van der Waals surface area contributed by atoms with E-state index in [4.69, 9.17) is 4.84 Å². The van der Waals surface area contributed by atoms with Gasteiger partial charge in [0, 0.05) is 18.2 Å². The summed E-state index contributed by atoms with van der Waals surface area (Å²) < 4.78 is 1.90. The number of nitrogens with one attached hydrogen (secondary N) is 1. The number of hydrogen-bond acceptors (Lipinski definition) is 4. The van der Waals surface area contributed by atoms with Crippen LogP contribution in [0.15, 0.2) is 41.6 Å². The monoisotopic (exact) mass is 326 g/mol. The fourth-order valence-electron chi connectivity index (χ4n) is 2.83. The number of aromatic nitrogens is 2. The van der Waals surface area contributed by atoms with E-state index >= 15 is 0 Å². The molecule has 6 nitrogen and oxygen atoms in total. The summed E-state index contributed by atoms with van der Waals surface area (Å²) in [6.07, 6.45) is 0.306. The Balaban J connectivity index is 1.55. The van der Waals surface area contributed by atoms with Gasteiger partial charge in [-0.1, -0.05) is 35.5 Å². The second-order valence-corrected chi connectivity index (χ2v) is 6.23. The first kappa shape index (κ1) is 16.2. The summed E-state index contributed by atoms with van der Waals surface area (Å²) in [7, 11) is 0. The van der Waals surface area contributed by atoms with Crippen LogP contribution in [0, 0.1) is 13.8 Å². The van der Waals surface area contributed by atoms with Crippen LogP contribution in [-0.4, -0.2) is 27.4 Å². The Labute approximate surface area is 141 Å². The van der Waals surface area contributed by atoms with Crippen molar-refractivity contribution in [3.05, 3.63) is 53.3 Å². The Morgan fingerprint density at radius 2 is 2.12 bits per heavy atom. The van der Waals surface area contributed by atoms with Crippen molar-refractivity contribution in [3.8, 4) is 0 Å². The molecule has 2 heterocycles. The number of benzene rings is 1. The molecule has 0 radical (unpaired) electrons. The number of rotatable bonds is 5. The quantitative estimate of drug-likeness (QED) is 0.918. The summed E-state index contributed by atoms with van der Waals surface area (Å²) in [4.78, 5) is 17.8. The lowest BCUT2D eigenvalue weighted by Gasteiger charge is -2.14. The van der Waals surface area contributed by atoms with Gasteiger partial charge in [0.05, 0.1) is 12.2 Å². The molecule has 0 saturated heterocycles. The van der Waals surface area contributed by atoms with Gasteiger partial charge in [-0.05, 0) is 32.4 Å². The van der Waals surface area contributed by atoms with Crippen LogP contribution in [0.5, 0.6) is 0 Å². The van der Waals surface area contributed by atoms with Crippen molar-refractivity contribution in [2.45, 2.75) is 45.9 Å². The average Bonchev–Trinajstić information content (AvgIpc) is 3.15. The average molecular weight is 326 g/mol. The van der Waals surface area contributed by atoms with E-state index in [1.54, 1.807) is 0 Å². The molecule has 0 aliphatic carbocycles. The molecule has 1 aliphatic rings. The standard InChI is InChI=1S/C18H22N4O2/c1-12-9-14(3)22(20-12)11-13(2)19-18(23)16-10-17(24-21-16)15-7-5-4-6-8-15/h4-9,13,17H,10-11H2,1-3H3,(H,19,23). The Morgan fingerprint density at radius 3 is 2.79 bits per heavy atom. The number of amides is 1. The first-order valence-electron chi connectivity index (χ1n) is 8.12. The lowest BCUT2D eigenvalue weighted by atomic mass is 10.0. The number of carbonyl (C=O) groups is 1. The lowest BCUT2D eigenvalue weighted by Crippen LogP contribution is -2.39. The number of carbonyl (C=O) groups excluding carboxylic acids is 1. The number of hydrogen-bond donors (Lipinski definition) is 1. The molecule has 0 saturated carbocycles. The minimum Gasteiger partial charge on any atom is -0.387 e. The van der Waals surface area contributed by atoms with E-state index in [-0.39, 0.29) is 18.1 Å². The number of oxime groups is 1. The van der Waals surface area contributed by atoms with Crippen LogP contribution >= 0.6 is 0 Å². The Hall–Kier alpha value is -2.63. The highest BCUT2D eigenvalue weighted by atomic mass is 16.6. The summed E-state index contributed by atoms with van der Waals surface area (Å²) in [5, 5.41) is 11.3. The topological polar surface area (TPSA) is 68.5 Å². The van der Waals surface area contributed by atoms with E-state index in [9.17, 15) is 4.79 Å². The van der Waals surface area contributed by atoms with Crippen molar-refractivity contribution in [2.75, 3.05) is 0 Å². The van der Waals surface area contributed by atoms with Gasteiger partial charge in [0.15, 0.2) is 6.10 Å². The zero-order chi connectivity index (χ0) is 17.1. The molecule has 0 spiro atoms. The van der Waals surface area contributed by atoms with E-state index in [1.807, 2.05) is 61.9 Å². The summed E-state index contributed by atoms with van der Waals surface area (Å²) in [5.74, 6) is -0.178. The molecule has 1 aliphatic heterocycles. The van der Waals surface area contributed by atoms with Gasteiger partial charge >= 0.3 is 0 Å². The number of aryl methyl sites for hydroxylation is 2. The minimum absolute atomic E-state index is 0.0472. The maximum absolute atomic E-state index is 12.4. The number of nitrogens with zero attached hydrogens (tertiary/aromatic N) is 3. The zero-order valence-corrected chi connectivity index (χ0v) is 14.2. The highest BCUT2D eigenvalue weighted by Gasteiger charge is 2.27. The first-order chi connectivity index (χ1) is 11.5. The van der Waals surface area contributed by atoms with Gasteiger partial charge in [-0.2, -0.15) is 5.10 Å². The van der Waals surface area contributed by atoms with Crippen molar-refractivity contribution in [3.63, 3.8) is 0 Å². The third-order valence-corrected chi connectivity index (χ3v) is 4.03. The highest BCUT2D eigenvalue weighted by Crippen LogP contribution is 2.26. The van der Waals surface area contributed by atoms with E-state index in [0.29, 0.717) is 18.7 Å². The van der Waals surface area contributed by atoms with Crippen molar-refractivity contribution in [1.82, 2.24) is 15.1 Å². The van der Waals surface area contributed by atoms with Crippen molar-refractivity contribution in [2.24, 2.45) is 5.16 Å². The maximum atomic E-state index is 12.4. The summed E-state index contributed by atoms with van der Waals surface area (Å²) >= 11 is 0. The summed E-state index contributed by atoms with van der Waals surface area (Å²) in [5.41, 5.74) is 3.52. The first-order valence-corrected chi connectivity index (χ1v) is 8.12. The molecule has 6 heteroatoms. The van der Waals surface area contributed by atoms with Crippen LogP contribution in [0.3, 0.4) is 0 Å². The summed E-state index contributed by atoms with van der Waals surface area (Å²) in [6.45, 7) is 6.55. The van der Waals surface area contributed by atoms with E-state index in [0.717, 1.165) is 17.0 Å². The van der Waals surface area contributed by atoms with Crippen molar-refractivity contribution < 1.29 is 9.63 Å². The molecular weight excluding hydrogens is 304 g/mol. The Kier molecular flexibility index (Phi) is 4.64. The zero-order valence-electron chi connectivity index (χ0n) is 14.2. The molecular formula is C18H22N4O2. The molecule has 1 amide bonds. The van der Waals surface area contributed by atoms with Gasteiger partial charge in [-0.15, -0.1) is 0 Å². The van der Waals surface area contributed by atoms with Crippen LogP contribution in [0.1, 0.15) is 36.4 Å².